The van der Waals surface area contributed by atoms with Crippen LogP contribution in [0.2, 0.25) is 0 Å². The van der Waals surface area contributed by atoms with Crippen molar-refractivity contribution in [1.82, 2.24) is 0 Å². The van der Waals surface area contributed by atoms with Gasteiger partial charge in [0.2, 0.25) is 5.69 Å². The normalized spacial score (nSPS) is 20.3. The molecule has 2 aliphatic heterocycles. The van der Waals surface area contributed by atoms with Crippen LogP contribution in [0.5, 0.6) is 0 Å². The third kappa shape index (κ3) is 3.77. The zero-order valence-corrected chi connectivity index (χ0v) is 20.6. The average molecular weight is 453 g/mol. The number of para-hydroxylation sites is 2. The molecule has 0 atom stereocenters. The summed E-state index contributed by atoms with van der Waals surface area (Å²) in [6.45, 7) is 9.06. The van der Waals surface area contributed by atoms with Crippen molar-refractivity contribution in [3.05, 3.63) is 94.7 Å². The molecule has 0 bridgehead atoms. The average Bonchev–Trinajstić information content (AvgIpc) is 3.04. The summed E-state index contributed by atoms with van der Waals surface area (Å²) in [5.74, 6) is 0. The number of likely N-dealkylation sites (N-methyl/N-ethyl adjacent to an activating group) is 1. The number of hydrogen-bond donors (Lipinski definition) is 0. The van der Waals surface area contributed by atoms with Gasteiger partial charge in [0, 0.05) is 46.6 Å². The summed E-state index contributed by atoms with van der Waals surface area (Å²) in [7, 11) is 4.25. The Labute approximate surface area is 197 Å². The predicted molar refractivity (Wildman–Crippen MR) is 129 cm³/mol. The fraction of sp³-hybridized carbons (Fsp3) is 0.296. The summed E-state index contributed by atoms with van der Waals surface area (Å²) >= 11 is 6.62. The number of benzene rings is 2. The van der Waals surface area contributed by atoms with Gasteiger partial charge in [0.15, 0.2) is 5.71 Å². The molecule has 0 saturated heterocycles. The lowest BCUT2D eigenvalue weighted by Gasteiger charge is -2.23. The number of fused-ring (bicyclic) bond motifs is 2. The van der Waals surface area contributed by atoms with Gasteiger partial charge in [-0.25, -0.2) is 0 Å². The molecule has 0 saturated carbocycles. The lowest BCUT2D eigenvalue weighted by molar-refractivity contribution is -0.401. The van der Waals surface area contributed by atoms with Crippen molar-refractivity contribution in [2.75, 3.05) is 19.0 Å². The Hall–Kier alpha value is -2.29. The first kappa shape index (κ1) is 23.4. The second kappa shape index (κ2) is 8.33. The number of anilines is 1. The zero-order valence-electron chi connectivity index (χ0n) is 19.1. The van der Waals surface area contributed by atoms with Crippen LogP contribution >= 0.6 is 11.6 Å². The summed E-state index contributed by atoms with van der Waals surface area (Å²) in [4.78, 5) is 2.26. The van der Waals surface area contributed by atoms with Crippen molar-refractivity contribution in [1.29, 1.82) is 0 Å². The fourth-order valence-corrected chi connectivity index (χ4v) is 5.10. The second-order valence-electron chi connectivity index (χ2n) is 9.22. The number of allylic oxidation sites excluding steroid dienone is 6. The summed E-state index contributed by atoms with van der Waals surface area (Å²) in [5.41, 5.74) is 7.61. The number of hydrogen-bond acceptors (Lipinski definition) is 1. The van der Waals surface area contributed by atoms with Gasteiger partial charge in [-0.15, -0.1) is 0 Å². The maximum Gasteiger partial charge on any atom is 0.209 e. The summed E-state index contributed by atoms with van der Waals surface area (Å²) in [6.07, 6.45) is 8.31. The minimum Gasteiger partial charge on any atom is -1.00 e. The van der Waals surface area contributed by atoms with Crippen LogP contribution in [0, 0.1) is 0 Å². The monoisotopic (exact) mass is 452 g/mol. The van der Waals surface area contributed by atoms with Crippen LogP contribution < -0.4 is 17.3 Å². The maximum absolute atomic E-state index is 6.62. The van der Waals surface area contributed by atoms with E-state index in [0.29, 0.717) is 0 Å². The number of rotatable bonds is 3. The molecule has 0 aromatic heterocycles. The first-order chi connectivity index (χ1) is 14.2. The molecule has 31 heavy (non-hydrogen) atoms. The fourth-order valence-electron chi connectivity index (χ4n) is 4.98. The van der Waals surface area contributed by atoms with E-state index in [9.17, 15) is 0 Å². The molecule has 4 heteroatoms. The molecular weight excluding hydrogens is 423 g/mol. The minimum atomic E-state index is -0.0488. The Morgan fingerprint density at radius 2 is 1.55 bits per heavy atom. The minimum absolute atomic E-state index is 0. The molecule has 2 nitrogen and oxygen atoms in total. The molecule has 0 N–H and O–H groups in total. The summed E-state index contributed by atoms with van der Waals surface area (Å²) < 4.78 is 2.26. The molecule has 0 unspecified atom stereocenters. The van der Waals surface area contributed by atoms with Crippen LogP contribution in [0.15, 0.2) is 83.6 Å². The quantitative estimate of drug-likeness (QED) is 0.508. The highest BCUT2D eigenvalue weighted by Crippen LogP contribution is 2.46. The molecule has 162 valence electrons. The molecule has 0 amide bonds. The second-order valence-corrected chi connectivity index (χ2v) is 9.66. The molecule has 2 aromatic carbocycles. The molecule has 2 aliphatic rings. The van der Waals surface area contributed by atoms with E-state index in [0.717, 1.165) is 5.03 Å². The summed E-state index contributed by atoms with van der Waals surface area (Å²) in [6, 6.07) is 17.2. The van der Waals surface area contributed by atoms with Gasteiger partial charge in [0.25, 0.3) is 0 Å². The zero-order chi connectivity index (χ0) is 21.7. The van der Waals surface area contributed by atoms with E-state index in [1.54, 1.807) is 0 Å². The topological polar surface area (TPSA) is 6.25 Å². The smallest absolute Gasteiger partial charge is 0.209 e. The van der Waals surface area contributed by atoms with Gasteiger partial charge in [-0.3, -0.25) is 0 Å². The Bertz CT molecular complexity index is 1130. The van der Waals surface area contributed by atoms with Crippen molar-refractivity contribution in [2.24, 2.45) is 0 Å². The standard InChI is InChI=1S/C27H30ClN2.ClH/c1-26(2)20-11-7-9-13-22(20)29(5)24(26)17-15-19(28)16-18-25-27(3,4)21-12-8-10-14-23(21)30(25)6;/h7-18H,1-6H3;1H/q+1;/p-1. The third-order valence-electron chi connectivity index (χ3n) is 6.68. The van der Waals surface area contributed by atoms with E-state index in [1.165, 1.54) is 33.9 Å². The highest BCUT2D eigenvalue weighted by Gasteiger charge is 2.42. The highest BCUT2D eigenvalue weighted by molar-refractivity contribution is 6.31. The molecule has 4 rings (SSSR count). The molecule has 2 heterocycles. The van der Waals surface area contributed by atoms with Gasteiger partial charge < -0.3 is 17.3 Å². The first-order valence-corrected chi connectivity index (χ1v) is 10.8. The van der Waals surface area contributed by atoms with Crippen molar-refractivity contribution < 1.29 is 17.0 Å². The van der Waals surface area contributed by atoms with Crippen LogP contribution in [-0.2, 0) is 10.8 Å². The lowest BCUT2D eigenvalue weighted by Crippen LogP contribution is -3.00. The maximum atomic E-state index is 6.62. The van der Waals surface area contributed by atoms with Crippen LogP contribution in [0.25, 0.3) is 0 Å². The Kier molecular flexibility index (Phi) is 6.28. The lowest BCUT2D eigenvalue weighted by atomic mass is 9.81. The molecule has 0 aliphatic carbocycles. The van der Waals surface area contributed by atoms with E-state index in [1.807, 2.05) is 12.2 Å². The molecule has 2 aromatic rings. The number of halogens is 2. The van der Waals surface area contributed by atoms with Crippen molar-refractivity contribution in [2.45, 2.75) is 38.5 Å². The van der Waals surface area contributed by atoms with Gasteiger partial charge in [0.1, 0.15) is 7.05 Å². The van der Waals surface area contributed by atoms with E-state index in [2.05, 4.69) is 112 Å². The van der Waals surface area contributed by atoms with E-state index in [4.69, 9.17) is 11.6 Å². The Morgan fingerprint density at radius 3 is 2.19 bits per heavy atom. The van der Waals surface area contributed by atoms with Gasteiger partial charge in [-0.05, 0) is 43.7 Å². The first-order valence-electron chi connectivity index (χ1n) is 10.5. The van der Waals surface area contributed by atoms with Crippen molar-refractivity contribution >= 4 is 28.7 Å². The summed E-state index contributed by atoms with van der Waals surface area (Å²) in [5, 5.41) is 0.718. The largest absolute Gasteiger partial charge is 1.00 e. The highest BCUT2D eigenvalue weighted by atomic mass is 35.5. The van der Waals surface area contributed by atoms with E-state index >= 15 is 0 Å². The van der Waals surface area contributed by atoms with Crippen LogP contribution in [0.1, 0.15) is 38.8 Å². The molecule has 0 radical (unpaired) electrons. The Morgan fingerprint density at radius 1 is 0.935 bits per heavy atom. The van der Waals surface area contributed by atoms with Crippen LogP contribution in [0.3, 0.4) is 0 Å². The SMILES string of the molecule is CN1\C(=C/C=C(Cl)/C=C/C2=[N+](C)c3ccccc3C2(C)C)C(C)(C)c2ccccc21.[Cl-]. The van der Waals surface area contributed by atoms with Gasteiger partial charge in [-0.1, -0.05) is 61.8 Å². The van der Waals surface area contributed by atoms with E-state index in [-0.39, 0.29) is 23.2 Å². The molecule has 0 fully saturated rings. The van der Waals surface area contributed by atoms with Gasteiger partial charge in [-0.2, -0.15) is 4.58 Å². The molecular formula is C27H30Cl2N2. The van der Waals surface area contributed by atoms with Gasteiger partial charge >= 0.3 is 0 Å². The Balaban J connectivity index is 0.00000272. The van der Waals surface area contributed by atoms with Crippen molar-refractivity contribution in [3.8, 4) is 0 Å². The number of nitrogens with zero attached hydrogens (tertiary/aromatic N) is 2. The third-order valence-corrected chi connectivity index (χ3v) is 6.93. The van der Waals surface area contributed by atoms with Crippen molar-refractivity contribution in [3.63, 3.8) is 0 Å². The van der Waals surface area contributed by atoms with Crippen LogP contribution in [-0.4, -0.2) is 24.4 Å². The predicted octanol–water partition coefficient (Wildman–Crippen LogP) is 3.69. The molecule has 0 spiro atoms. The van der Waals surface area contributed by atoms with Crippen LogP contribution in [0.4, 0.5) is 11.4 Å². The van der Waals surface area contributed by atoms with E-state index < -0.39 is 0 Å². The van der Waals surface area contributed by atoms with Gasteiger partial charge in [0.05, 0.1) is 5.41 Å².